The van der Waals surface area contributed by atoms with Gasteiger partial charge in [-0.05, 0) is 68.4 Å². The summed E-state index contributed by atoms with van der Waals surface area (Å²) in [7, 11) is 0. The number of anilines is 1. The van der Waals surface area contributed by atoms with Crippen LogP contribution in [-0.2, 0) is 4.74 Å². The molecule has 0 bridgehead atoms. The Kier molecular flexibility index (Phi) is 5.09. The highest BCUT2D eigenvalue weighted by molar-refractivity contribution is 6.28. The first-order valence-electron chi connectivity index (χ1n) is 8.60. The van der Waals surface area contributed by atoms with Gasteiger partial charge in [0.2, 0.25) is 5.28 Å². The maximum Gasteiger partial charge on any atom is 0.343 e. The highest BCUT2D eigenvalue weighted by Crippen LogP contribution is 2.57. The van der Waals surface area contributed by atoms with Crippen LogP contribution in [-0.4, -0.2) is 28.6 Å². The van der Waals surface area contributed by atoms with Crippen LogP contribution in [0, 0.1) is 11.3 Å². The topological polar surface area (TPSA) is 64.1 Å². The van der Waals surface area contributed by atoms with Crippen LogP contribution in [0.3, 0.4) is 0 Å². The zero-order chi connectivity index (χ0) is 17.2. The number of nitrogens with zero attached hydrogens (tertiary/aromatic N) is 2. The minimum atomic E-state index is -0.471. The second-order valence-electron chi connectivity index (χ2n) is 7.06. The van der Waals surface area contributed by atoms with Gasteiger partial charge in [0.25, 0.3) is 0 Å². The maximum absolute atomic E-state index is 12.2. The predicted molar refractivity (Wildman–Crippen MR) is 94.2 cm³/mol. The molecule has 1 aromatic heterocycles. The summed E-state index contributed by atoms with van der Waals surface area (Å²) in [6.07, 6.45) is 10.8. The molecule has 130 valence electrons. The van der Waals surface area contributed by atoms with E-state index in [0.29, 0.717) is 22.7 Å². The van der Waals surface area contributed by atoms with Crippen LogP contribution in [0.25, 0.3) is 0 Å². The summed E-state index contributed by atoms with van der Waals surface area (Å²) in [4.78, 5) is 20.3. The zero-order valence-electron chi connectivity index (χ0n) is 14.1. The van der Waals surface area contributed by atoms with Crippen LogP contribution in [0.2, 0.25) is 5.28 Å². The third-order valence-corrected chi connectivity index (χ3v) is 5.61. The quantitative estimate of drug-likeness (QED) is 0.472. The monoisotopic (exact) mass is 349 g/mol. The lowest BCUT2D eigenvalue weighted by molar-refractivity contribution is 0.0550. The first-order chi connectivity index (χ1) is 11.5. The molecule has 24 heavy (non-hydrogen) atoms. The molecule has 1 aromatic rings. The van der Waals surface area contributed by atoms with Gasteiger partial charge in [0, 0.05) is 12.2 Å². The van der Waals surface area contributed by atoms with Gasteiger partial charge in [-0.1, -0.05) is 12.7 Å². The van der Waals surface area contributed by atoms with Crippen molar-refractivity contribution in [2.75, 3.05) is 11.9 Å². The average Bonchev–Trinajstić information content (AvgIpc) is 3.32. The average molecular weight is 350 g/mol. The second kappa shape index (κ2) is 7.09. The van der Waals surface area contributed by atoms with E-state index in [0.717, 1.165) is 0 Å². The number of halogens is 1. The van der Waals surface area contributed by atoms with Crippen LogP contribution in [0.5, 0.6) is 0 Å². The summed E-state index contributed by atoms with van der Waals surface area (Å²) in [5.41, 5.74) is 0.983. The Balaban J connectivity index is 1.67. The van der Waals surface area contributed by atoms with Crippen LogP contribution >= 0.6 is 11.6 Å². The van der Waals surface area contributed by atoms with Crippen molar-refractivity contribution in [2.24, 2.45) is 11.3 Å². The van der Waals surface area contributed by atoms with Crippen molar-refractivity contribution >= 4 is 23.4 Å². The lowest BCUT2D eigenvalue weighted by atomic mass is 9.77. The third kappa shape index (κ3) is 3.89. The molecule has 3 rings (SSSR count). The fourth-order valence-electron chi connectivity index (χ4n) is 3.59. The number of ether oxygens (including phenoxy) is 1. The van der Waals surface area contributed by atoms with E-state index in [9.17, 15) is 4.79 Å². The molecular formula is C18H24ClN3O2. The van der Waals surface area contributed by atoms with Gasteiger partial charge in [-0.3, -0.25) is 0 Å². The van der Waals surface area contributed by atoms with Crippen LogP contribution in [0.15, 0.2) is 18.9 Å². The first kappa shape index (κ1) is 17.2. The largest absolute Gasteiger partial charge is 0.458 e. The van der Waals surface area contributed by atoms with Crippen molar-refractivity contribution in [3.63, 3.8) is 0 Å². The van der Waals surface area contributed by atoms with E-state index in [1.165, 1.54) is 50.8 Å². The minimum Gasteiger partial charge on any atom is -0.458 e. The molecule has 2 fully saturated rings. The molecule has 1 atom stereocenters. The van der Waals surface area contributed by atoms with Crippen molar-refractivity contribution < 1.29 is 9.53 Å². The number of hydrogen-bond donors (Lipinski definition) is 1. The number of hydrogen-bond acceptors (Lipinski definition) is 5. The number of rotatable bonds is 6. The molecule has 1 N–H and O–H groups in total. The molecule has 0 aromatic carbocycles. The Morgan fingerprint density at radius 2 is 2.21 bits per heavy atom. The normalized spacial score (nSPS) is 20.4. The Bertz CT molecular complexity index is 621. The van der Waals surface area contributed by atoms with Crippen LogP contribution in [0.4, 0.5) is 5.82 Å². The summed E-state index contributed by atoms with van der Waals surface area (Å²) in [6, 6.07) is 0.220. The Morgan fingerprint density at radius 1 is 1.50 bits per heavy atom. The Morgan fingerprint density at radius 3 is 2.83 bits per heavy atom. The molecule has 1 unspecified atom stereocenters. The van der Waals surface area contributed by atoms with Gasteiger partial charge in [-0.25, -0.2) is 9.78 Å². The van der Waals surface area contributed by atoms with Gasteiger partial charge < -0.3 is 10.1 Å². The standard InChI is InChI=1S/C18H24ClN3O2/c1-3-10-24-16(23)14-11-20-17(19)22-15(14)21-12(2)13-4-6-18(7-5-13)8-9-18/h3,11-13H,1,4-10H2,2H3,(H,20,21,22). The molecule has 6 heteroatoms. The van der Waals surface area contributed by atoms with E-state index < -0.39 is 5.97 Å². The van der Waals surface area contributed by atoms with Gasteiger partial charge in [0.05, 0.1) is 0 Å². The fraction of sp³-hybridized carbons (Fsp3) is 0.611. The molecular weight excluding hydrogens is 326 g/mol. The van der Waals surface area contributed by atoms with E-state index in [2.05, 4.69) is 28.8 Å². The number of carbonyl (C=O) groups is 1. The lowest BCUT2D eigenvalue weighted by Crippen LogP contribution is -2.31. The van der Waals surface area contributed by atoms with Crippen molar-refractivity contribution in [2.45, 2.75) is 51.5 Å². The SMILES string of the molecule is C=CCOC(=O)c1cnc(Cl)nc1NC(C)C1CCC2(CC1)CC2. The smallest absolute Gasteiger partial charge is 0.343 e. The number of aromatic nitrogens is 2. The van der Waals surface area contributed by atoms with Gasteiger partial charge in [0.15, 0.2) is 0 Å². The van der Waals surface area contributed by atoms with Crippen LogP contribution in [0.1, 0.15) is 55.8 Å². The van der Waals surface area contributed by atoms with E-state index in [1.54, 1.807) is 0 Å². The number of nitrogens with one attached hydrogen (secondary N) is 1. The van der Waals surface area contributed by atoms with Gasteiger partial charge >= 0.3 is 5.97 Å². The zero-order valence-corrected chi connectivity index (χ0v) is 14.8. The first-order valence-corrected chi connectivity index (χ1v) is 8.98. The molecule has 1 heterocycles. The molecule has 1 spiro atoms. The highest BCUT2D eigenvalue weighted by atomic mass is 35.5. The Hall–Kier alpha value is -1.62. The van der Waals surface area contributed by atoms with Crippen molar-refractivity contribution in [1.29, 1.82) is 0 Å². The van der Waals surface area contributed by atoms with E-state index in [-0.39, 0.29) is 17.9 Å². The molecule has 0 saturated heterocycles. The summed E-state index contributed by atoms with van der Waals surface area (Å²) in [5.74, 6) is 0.562. The van der Waals surface area contributed by atoms with Gasteiger partial charge in [0.1, 0.15) is 18.0 Å². The summed E-state index contributed by atoms with van der Waals surface area (Å²) >= 11 is 5.91. The molecule has 0 amide bonds. The third-order valence-electron chi connectivity index (χ3n) is 5.43. The van der Waals surface area contributed by atoms with E-state index in [4.69, 9.17) is 16.3 Å². The molecule has 2 saturated carbocycles. The molecule has 0 aliphatic heterocycles. The van der Waals surface area contributed by atoms with Gasteiger partial charge in [-0.15, -0.1) is 0 Å². The summed E-state index contributed by atoms with van der Waals surface area (Å²) in [6.45, 7) is 5.84. The summed E-state index contributed by atoms with van der Waals surface area (Å²) < 4.78 is 5.10. The van der Waals surface area contributed by atoms with Crippen molar-refractivity contribution in [1.82, 2.24) is 9.97 Å². The molecule has 2 aliphatic carbocycles. The fourth-order valence-corrected chi connectivity index (χ4v) is 3.73. The molecule has 5 nitrogen and oxygen atoms in total. The van der Waals surface area contributed by atoms with Crippen LogP contribution < -0.4 is 5.32 Å². The second-order valence-corrected chi connectivity index (χ2v) is 7.40. The summed E-state index contributed by atoms with van der Waals surface area (Å²) in [5, 5.41) is 3.48. The highest BCUT2D eigenvalue weighted by Gasteiger charge is 2.45. The maximum atomic E-state index is 12.2. The van der Waals surface area contributed by atoms with E-state index >= 15 is 0 Å². The van der Waals surface area contributed by atoms with E-state index in [1.807, 2.05) is 0 Å². The van der Waals surface area contributed by atoms with Crippen molar-refractivity contribution in [3.8, 4) is 0 Å². The lowest BCUT2D eigenvalue weighted by Gasteiger charge is -2.33. The Labute approximate surface area is 147 Å². The molecule has 0 radical (unpaired) electrons. The number of esters is 1. The minimum absolute atomic E-state index is 0.116. The number of carbonyl (C=O) groups excluding carboxylic acids is 1. The molecule has 2 aliphatic rings. The van der Waals surface area contributed by atoms with Gasteiger partial charge in [-0.2, -0.15) is 4.98 Å². The predicted octanol–water partition coefficient (Wildman–Crippen LogP) is 4.24. The van der Waals surface area contributed by atoms with Crippen molar-refractivity contribution in [3.05, 3.63) is 29.7 Å².